The van der Waals surface area contributed by atoms with E-state index < -0.39 is 0 Å². The first-order valence-corrected chi connectivity index (χ1v) is 11.0. The van der Waals surface area contributed by atoms with Crippen LogP contribution in [0, 0.1) is 0 Å². The highest BCUT2D eigenvalue weighted by atomic mass is 16.3. The van der Waals surface area contributed by atoms with Gasteiger partial charge in [-0.1, -0.05) is 48.5 Å². The second kappa shape index (κ2) is 6.02. The van der Waals surface area contributed by atoms with Crippen molar-refractivity contribution in [3.05, 3.63) is 97.2 Å². The summed E-state index contributed by atoms with van der Waals surface area (Å²) >= 11 is 0. The van der Waals surface area contributed by atoms with E-state index in [1.165, 1.54) is 11.1 Å². The van der Waals surface area contributed by atoms with E-state index in [0.717, 1.165) is 55.0 Å². The van der Waals surface area contributed by atoms with Gasteiger partial charge in [-0.3, -0.25) is 0 Å². The fourth-order valence-electron chi connectivity index (χ4n) is 5.29. The molecule has 0 spiro atoms. The molecule has 0 aliphatic rings. The highest BCUT2D eigenvalue weighted by Gasteiger charge is 2.23. The van der Waals surface area contributed by atoms with Crippen molar-refractivity contribution in [2.45, 2.75) is 0 Å². The minimum Gasteiger partial charge on any atom is -0.456 e. The van der Waals surface area contributed by atoms with Gasteiger partial charge in [0.15, 0.2) is 0 Å². The van der Waals surface area contributed by atoms with Crippen molar-refractivity contribution in [2.75, 3.05) is 0 Å². The number of pyridine rings is 1. The lowest BCUT2D eigenvalue weighted by Crippen LogP contribution is -1.97. The van der Waals surface area contributed by atoms with Crippen LogP contribution in [0.1, 0.15) is 0 Å². The van der Waals surface area contributed by atoms with E-state index in [9.17, 15) is 0 Å². The summed E-state index contributed by atoms with van der Waals surface area (Å²) in [6.45, 7) is 0. The van der Waals surface area contributed by atoms with Crippen molar-refractivity contribution in [2.24, 2.45) is 0 Å². The number of aromatic nitrogens is 2. The van der Waals surface area contributed by atoms with Crippen molar-refractivity contribution in [3.63, 3.8) is 0 Å². The van der Waals surface area contributed by atoms with Crippen molar-refractivity contribution < 1.29 is 8.83 Å². The SMILES string of the molecule is c1ccc(-c2cccc(-n3c4cccc5oc6ccc7oc8nccc3c8c7c6c54)c2)cc1. The Labute approximate surface area is 187 Å². The summed E-state index contributed by atoms with van der Waals surface area (Å²) in [7, 11) is 0. The lowest BCUT2D eigenvalue weighted by atomic mass is 10.0. The predicted octanol–water partition coefficient (Wildman–Crippen LogP) is 7.93. The van der Waals surface area contributed by atoms with E-state index in [1.807, 2.05) is 30.5 Å². The Bertz CT molecular complexity index is 1870. The second-order valence-electron chi connectivity index (χ2n) is 8.43. The summed E-state index contributed by atoms with van der Waals surface area (Å²) in [5.41, 5.74) is 8.78. The van der Waals surface area contributed by atoms with Crippen LogP contribution in [-0.4, -0.2) is 9.55 Å². The molecule has 0 unspecified atom stereocenters. The van der Waals surface area contributed by atoms with Gasteiger partial charge in [0.25, 0.3) is 0 Å². The molecule has 154 valence electrons. The first kappa shape index (κ1) is 17.0. The van der Waals surface area contributed by atoms with Crippen LogP contribution in [0.5, 0.6) is 0 Å². The fraction of sp³-hybridized carbons (Fsp3) is 0. The molecule has 4 aromatic carbocycles. The van der Waals surface area contributed by atoms with Crippen LogP contribution in [0.25, 0.3) is 71.9 Å². The van der Waals surface area contributed by atoms with Crippen molar-refractivity contribution in [1.29, 1.82) is 0 Å². The van der Waals surface area contributed by atoms with Crippen molar-refractivity contribution >= 4 is 55.0 Å². The standard InChI is InChI=1S/C29H16N2O2/c1-2-6-17(7-3-1)18-8-4-9-19(16-18)31-20-10-5-11-22-25(20)27-23(32-22)12-13-24-28(27)26-21(31)14-15-30-29(26)33-24/h1-16H. The molecular formula is C29H16N2O2. The maximum atomic E-state index is 6.28. The van der Waals surface area contributed by atoms with E-state index in [2.05, 4.69) is 76.3 Å². The van der Waals surface area contributed by atoms with Crippen LogP contribution in [-0.2, 0) is 0 Å². The second-order valence-corrected chi connectivity index (χ2v) is 8.43. The van der Waals surface area contributed by atoms with Gasteiger partial charge in [-0.2, -0.15) is 0 Å². The van der Waals surface area contributed by atoms with Crippen molar-refractivity contribution in [1.82, 2.24) is 9.55 Å². The molecule has 0 bridgehead atoms. The Balaban J connectivity index is 1.63. The first-order chi connectivity index (χ1) is 16.4. The van der Waals surface area contributed by atoms with Crippen molar-refractivity contribution in [3.8, 4) is 16.8 Å². The summed E-state index contributed by atoms with van der Waals surface area (Å²) in [6, 6.07) is 31.5. The van der Waals surface area contributed by atoms with E-state index in [0.29, 0.717) is 5.71 Å². The average molecular weight is 424 g/mol. The lowest BCUT2D eigenvalue weighted by molar-refractivity contribution is 0.652. The number of hydrogen-bond donors (Lipinski definition) is 0. The zero-order valence-corrected chi connectivity index (χ0v) is 17.4. The molecule has 0 aliphatic heterocycles. The number of hydrogen-bond acceptors (Lipinski definition) is 3. The summed E-state index contributed by atoms with van der Waals surface area (Å²) in [5.74, 6) is 0. The van der Waals surface area contributed by atoms with Crippen LogP contribution in [0.2, 0.25) is 0 Å². The Morgan fingerprint density at radius 1 is 0.545 bits per heavy atom. The highest BCUT2D eigenvalue weighted by Crippen LogP contribution is 2.44. The maximum absolute atomic E-state index is 6.28. The monoisotopic (exact) mass is 424 g/mol. The van der Waals surface area contributed by atoms with Gasteiger partial charge >= 0.3 is 0 Å². The minimum absolute atomic E-state index is 0.640. The van der Waals surface area contributed by atoms with Gasteiger partial charge in [0.1, 0.15) is 16.7 Å². The molecule has 8 rings (SSSR count). The molecule has 0 saturated heterocycles. The van der Waals surface area contributed by atoms with Gasteiger partial charge in [0.05, 0.1) is 21.8 Å². The van der Waals surface area contributed by atoms with Gasteiger partial charge in [-0.15, -0.1) is 0 Å². The van der Waals surface area contributed by atoms with Gasteiger partial charge < -0.3 is 13.4 Å². The molecule has 33 heavy (non-hydrogen) atoms. The van der Waals surface area contributed by atoms with Crippen LogP contribution >= 0.6 is 0 Å². The van der Waals surface area contributed by atoms with E-state index in [4.69, 9.17) is 8.83 Å². The van der Waals surface area contributed by atoms with Gasteiger partial charge in [-0.25, -0.2) is 4.98 Å². The lowest BCUT2D eigenvalue weighted by Gasteiger charge is -2.13. The van der Waals surface area contributed by atoms with Gasteiger partial charge in [-0.05, 0) is 53.6 Å². The Hall–Kier alpha value is -4.57. The van der Waals surface area contributed by atoms with E-state index in [1.54, 1.807) is 0 Å². The number of furan rings is 2. The van der Waals surface area contributed by atoms with Crippen LogP contribution in [0.4, 0.5) is 0 Å². The zero-order valence-electron chi connectivity index (χ0n) is 17.4. The average Bonchev–Trinajstić information content (AvgIpc) is 3.39. The summed E-state index contributed by atoms with van der Waals surface area (Å²) < 4.78 is 14.8. The Morgan fingerprint density at radius 2 is 1.27 bits per heavy atom. The number of rotatable bonds is 2. The molecule has 4 aromatic heterocycles. The van der Waals surface area contributed by atoms with Crippen LogP contribution in [0.15, 0.2) is 106 Å². The Morgan fingerprint density at radius 3 is 2.18 bits per heavy atom. The third-order valence-corrected chi connectivity index (χ3v) is 6.65. The van der Waals surface area contributed by atoms with Crippen LogP contribution < -0.4 is 0 Å². The number of benzene rings is 4. The van der Waals surface area contributed by atoms with E-state index >= 15 is 0 Å². The summed E-state index contributed by atoms with van der Waals surface area (Å²) in [4.78, 5) is 4.56. The molecule has 0 atom stereocenters. The molecule has 0 fully saturated rings. The maximum Gasteiger partial charge on any atom is 0.229 e. The smallest absolute Gasteiger partial charge is 0.229 e. The fourth-order valence-corrected chi connectivity index (χ4v) is 5.29. The summed E-state index contributed by atoms with van der Waals surface area (Å²) in [5, 5.41) is 4.27. The van der Waals surface area contributed by atoms with Gasteiger partial charge in [0.2, 0.25) is 5.71 Å². The van der Waals surface area contributed by atoms with Gasteiger partial charge in [0, 0.05) is 22.7 Å². The molecule has 4 nitrogen and oxygen atoms in total. The molecule has 0 aliphatic carbocycles. The number of nitrogens with zero attached hydrogens (tertiary/aromatic N) is 2. The first-order valence-electron chi connectivity index (χ1n) is 11.0. The molecular weight excluding hydrogens is 408 g/mol. The molecule has 0 radical (unpaired) electrons. The zero-order chi connectivity index (χ0) is 21.5. The third kappa shape index (κ3) is 2.17. The predicted molar refractivity (Wildman–Crippen MR) is 132 cm³/mol. The molecule has 0 saturated carbocycles. The summed E-state index contributed by atoms with van der Waals surface area (Å²) in [6.07, 6.45) is 1.83. The molecule has 4 heteroatoms. The third-order valence-electron chi connectivity index (χ3n) is 6.65. The molecule has 0 N–H and O–H groups in total. The molecule has 4 heterocycles. The highest BCUT2D eigenvalue weighted by molar-refractivity contribution is 6.32. The van der Waals surface area contributed by atoms with Crippen LogP contribution in [0.3, 0.4) is 0 Å². The molecule has 0 amide bonds. The topological polar surface area (TPSA) is 44.1 Å². The normalized spacial score (nSPS) is 12.2. The Kier molecular flexibility index (Phi) is 3.11. The molecule has 8 aromatic rings. The largest absolute Gasteiger partial charge is 0.456 e. The minimum atomic E-state index is 0.640. The quantitative estimate of drug-likeness (QED) is 0.283. The van der Waals surface area contributed by atoms with E-state index in [-0.39, 0.29) is 0 Å².